The van der Waals surface area contributed by atoms with Gasteiger partial charge in [0, 0.05) is 0 Å². The van der Waals surface area contributed by atoms with Crippen molar-refractivity contribution in [3.05, 3.63) is 108 Å². The summed E-state index contributed by atoms with van der Waals surface area (Å²) in [5.74, 6) is 1.60. The number of aromatic nitrogens is 6. The van der Waals surface area contributed by atoms with Crippen molar-refractivity contribution in [3.63, 3.8) is 0 Å². The van der Waals surface area contributed by atoms with E-state index in [9.17, 15) is 25.9 Å². The minimum absolute atomic E-state index is 0.0945. The summed E-state index contributed by atoms with van der Waals surface area (Å²) in [5.41, 5.74) is 1.75. The zero-order chi connectivity index (χ0) is 43.1. The van der Waals surface area contributed by atoms with Gasteiger partial charge < -0.3 is 0 Å². The fourth-order valence-corrected chi connectivity index (χ4v) is 12.3. The van der Waals surface area contributed by atoms with Gasteiger partial charge in [0.1, 0.15) is 0 Å². The van der Waals surface area contributed by atoms with Crippen LogP contribution >= 0.6 is 0 Å². The Hall–Kier alpha value is -5.30. The second kappa shape index (κ2) is 19.4. The van der Waals surface area contributed by atoms with Gasteiger partial charge in [0.2, 0.25) is 0 Å². The summed E-state index contributed by atoms with van der Waals surface area (Å²) >= 11 is -2.75. The molecule has 320 valence electrons. The van der Waals surface area contributed by atoms with Gasteiger partial charge in [-0.25, -0.2) is 0 Å². The van der Waals surface area contributed by atoms with Crippen LogP contribution in [0, 0.1) is 0 Å². The van der Waals surface area contributed by atoms with Crippen LogP contribution in [0.15, 0.2) is 107 Å². The zero-order valence-corrected chi connectivity index (χ0v) is 38.6. The summed E-state index contributed by atoms with van der Waals surface area (Å²) in [6.45, 7) is 4.46. The number of para-hydroxylation sites is 2. The molecule has 6 aromatic rings. The molecular weight excluding hydrogens is 962 g/mol. The number of morpholine rings is 2. The van der Waals surface area contributed by atoms with Crippen LogP contribution in [0.1, 0.15) is 11.1 Å². The van der Waals surface area contributed by atoms with Crippen LogP contribution in [-0.2, 0) is 29.7 Å². The second-order valence-electron chi connectivity index (χ2n) is 13.8. The Morgan fingerprint density at radius 3 is 1.29 bits per heavy atom. The van der Waals surface area contributed by atoms with Gasteiger partial charge in [0.05, 0.1) is 0 Å². The Morgan fingerprint density at radius 2 is 0.919 bits per heavy atom. The first-order valence-electron chi connectivity index (χ1n) is 19.2. The maximum absolute atomic E-state index is 12.8. The Morgan fingerprint density at radius 1 is 0.532 bits per heavy atom. The molecule has 18 nitrogen and oxygen atoms in total. The van der Waals surface area contributed by atoms with Crippen LogP contribution in [-0.4, -0.2) is 140 Å². The van der Waals surface area contributed by atoms with E-state index in [-0.39, 0.29) is 20.9 Å². The standard InChI is InChI=1S/C40H40As2N10O8S2/c53-61(54,55)33-25-29(41-35-45-37(43-31-7-3-1-4-8-31)49-39(47-35)51-17-21-59-22-18-51)15-13-27(33)11-12-28-14-16-30(26-34(28)62(56,57)58)42-36-46-38(44-32-9-5-2-6-10-32)50-40(48-36)52-19-23-60-24-20-52/h1-16,25-26,41-42H,17-24H2,(H,53,54,55)(H,56,57,58)(H,43,45,47,49)(H,44,46,48,50)/b12-11+. The molecule has 2 aliphatic heterocycles. The van der Waals surface area contributed by atoms with Crippen LogP contribution in [0.2, 0.25) is 0 Å². The maximum atomic E-state index is 12.8. The molecule has 0 saturated carbocycles. The third kappa shape index (κ3) is 11.4. The molecule has 2 unspecified atom stereocenters. The Labute approximate surface area is 371 Å². The van der Waals surface area contributed by atoms with Crippen molar-refractivity contribution in [1.82, 2.24) is 29.9 Å². The molecular formula is C40H40As2N10O8S2. The number of hydrogen-bond donors (Lipinski definition) is 4. The summed E-state index contributed by atoms with van der Waals surface area (Å²) < 4.78 is 85.1. The van der Waals surface area contributed by atoms with Crippen molar-refractivity contribution in [1.29, 1.82) is 0 Å². The number of nitrogens with one attached hydrogen (secondary N) is 2. The van der Waals surface area contributed by atoms with Gasteiger partial charge in [-0.2, -0.15) is 0 Å². The van der Waals surface area contributed by atoms with E-state index in [0.29, 0.717) is 94.3 Å². The van der Waals surface area contributed by atoms with E-state index in [1.54, 1.807) is 12.1 Å². The van der Waals surface area contributed by atoms with Crippen LogP contribution in [0.5, 0.6) is 0 Å². The molecule has 2 fully saturated rings. The molecule has 62 heavy (non-hydrogen) atoms. The Bertz CT molecular complexity index is 2610. The number of anilines is 6. The molecule has 4 heterocycles. The number of hydrogen-bond acceptors (Lipinski definition) is 16. The van der Waals surface area contributed by atoms with Crippen LogP contribution < -0.4 is 38.4 Å². The average molecular weight is 1000 g/mol. The molecule has 2 atom stereocenters. The third-order valence-corrected chi connectivity index (χ3v) is 15.6. The van der Waals surface area contributed by atoms with Crippen LogP contribution in [0.4, 0.5) is 35.2 Å². The van der Waals surface area contributed by atoms with Gasteiger partial charge >= 0.3 is 373 Å². The van der Waals surface area contributed by atoms with Crippen molar-refractivity contribution < 1.29 is 35.4 Å². The molecule has 4 aromatic carbocycles. The van der Waals surface area contributed by atoms with E-state index in [2.05, 4.69) is 30.6 Å². The van der Waals surface area contributed by atoms with E-state index >= 15 is 0 Å². The number of rotatable bonds is 14. The van der Waals surface area contributed by atoms with Crippen molar-refractivity contribution in [2.24, 2.45) is 0 Å². The van der Waals surface area contributed by atoms with Crippen molar-refractivity contribution >= 4 is 117 Å². The molecule has 4 N–H and O–H groups in total. The molecule has 2 aliphatic rings. The molecule has 2 aromatic heterocycles. The van der Waals surface area contributed by atoms with Gasteiger partial charge in [-0.05, 0) is 0 Å². The average Bonchev–Trinajstić information content (AvgIpc) is 3.27. The normalized spacial score (nSPS) is 15.3. The first kappa shape index (κ1) is 43.3. The summed E-state index contributed by atoms with van der Waals surface area (Å²) in [7, 11) is -9.52. The zero-order valence-electron chi connectivity index (χ0n) is 32.8. The second-order valence-corrected chi connectivity index (χ2v) is 21.9. The minimum atomic E-state index is -4.76. The topological polar surface area (TPSA) is 235 Å². The number of benzene rings is 4. The molecule has 22 heteroatoms. The number of nitrogens with zero attached hydrogens (tertiary/aromatic N) is 8. The molecule has 0 radical (unpaired) electrons. The van der Waals surface area contributed by atoms with Crippen molar-refractivity contribution in [2.45, 2.75) is 9.79 Å². The number of ether oxygens (including phenoxy) is 2. The van der Waals surface area contributed by atoms with E-state index in [4.69, 9.17) is 19.4 Å². The first-order chi connectivity index (χ1) is 29.9. The fraction of sp³-hybridized carbons (Fsp3) is 0.200. The van der Waals surface area contributed by atoms with Crippen LogP contribution in [0.25, 0.3) is 12.2 Å². The Kier molecular flexibility index (Phi) is 13.6. The summed E-state index contributed by atoms with van der Waals surface area (Å²) in [6.07, 6.45) is 2.74. The van der Waals surface area contributed by atoms with Gasteiger partial charge in [-0.15, -0.1) is 0 Å². The molecule has 0 amide bonds. The predicted molar refractivity (Wildman–Crippen MR) is 239 cm³/mol. The van der Waals surface area contributed by atoms with Crippen molar-refractivity contribution in [2.75, 3.05) is 73.0 Å². The van der Waals surface area contributed by atoms with E-state index < -0.39 is 51.7 Å². The van der Waals surface area contributed by atoms with Gasteiger partial charge in [-0.3, -0.25) is 0 Å². The van der Waals surface area contributed by atoms with Gasteiger partial charge in [0.25, 0.3) is 0 Å². The first-order valence-corrected chi connectivity index (χ1v) is 26.3. The molecule has 0 bridgehead atoms. The molecule has 0 spiro atoms. The van der Waals surface area contributed by atoms with Gasteiger partial charge in [0.15, 0.2) is 0 Å². The molecule has 8 rings (SSSR count). The fourth-order valence-electron chi connectivity index (χ4n) is 6.45. The molecule has 0 aliphatic carbocycles. The predicted octanol–water partition coefficient (Wildman–Crippen LogP) is 0.655. The third-order valence-electron chi connectivity index (χ3n) is 9.43. The summed E-state index contributed by atoms with van der Waals surface area (Å²) in [6, 6.07) is 28.1. The monoisotopic (exact) mass is 1000 g/mol. The van der Waals surface area contributed by atoms with Gasteiger partial charge in [-0.1, -0.05) is 0 Å². The summed E-state index contributed by atoms with van der Waals surface area (Å²) in [4.78, 5) is 31.3. The van der Waals surface area contributed by atoms with E-state index in [1.807, 2.05) is 70.5 Å². The van der Waals surface area contributed by atoms with E-state index in [1.165, 1.54) is 36.4 Å². The van der Waals surface area contributed by atoms with Crippen LogP contribution in [0.3, 0.4) is 0 Å². The quantitative estimate of drug-likeness (QED) is 0.0667. The summed E-state index contributed by atoms with van der Waals surface area (Å²) in [5, 5.41) is 6.44. The molecule has 2 saturated heterocycles. The van der Waals surface area contributed by atoms with E-state index in [0.717, 1.165) is 11.4 Å². The Balaban J connectivity index is 1.06. The SMILES string of the molecule is O=S(=O)(O)c1cc([AsH]c2nc(Nc3ccccc3)nc(N3CCOCC3)n2)ccc1/C=C/c1ccc([AsH]c2nc(Nc3ccccc3)nc(N3CCOCC3)n2)cc1S(=O)(=O)O. The van der Waals surface area contributed by atoms with Crippen molar-refractivity contribution in [3.8, 4) is 0 Å².